The third kappa shape index (κ3) is 2.91. The van der Waals surface area contributed by atoms with E-state index in [0.717, 1.165) is 18.4 Å². The molecule has 5 nitrogen and oxygen atoms in total. The molecule has 1 fully saturated rings. The summed E-state index contributed by atoms with van der Waals surface area (Å²) in [4.78, 5) is 25.6. The van der Waals surface area contributed by atoms with Crippen LogP contribution in [-0.2, 0) is 4.79 Å². The summed E-state index contributed by atoms with van der Waals surface area (Å²) in [6.45, 7) is 4.50. The fraction of sp³-hybridized carbons (Fsp3) is 0.562. The van der Waals surface area contributed by atoms with Crippen molar-refractivity contribution >= 4 is 5.91 Å². The average Bonchev–Trinajstić information content (AvgIpc) is 2.78. The number of carbonyl (C=O) groups is 1. The predicted molar refractivity (Wildman–Crippen MR) is 80.4 cm³/mol. The Hall–Kier alpha value is -1.91. The second-order valence-electron chi connectivity index (χ2n) is 5.53. The molecule has 1 aliphatic rings. The van der Waals surface area contributed by atoms with Crippen molar-refractivity contribution in [3.05, 3.63) is 46.0 Å². The average molecular weight is 290 g/mol. The second kappa shape index (κ2) is 6.70. The van der Waals surface area contributed by atoms with Crippen molar-refractivity contribution in [3.63, 3.8) is 0 Å². The molecule has 114 valence electrons. The molecule has 0 N–H and O–H groups in total. The van der Waals surface area contributed by atoms with Gasteiger partial charge in [-0.2, -0.15) is 0 Å². The van der Waals surface area contributed by atoms with Crippen LogP contribution in [0.15, 0.2) is 30.3 Å². The molecule has 0 saturated carbocycles. The second-order valence-corrected chi connectivity index (χ2v) is 5.53. The first-order valence-electron chi connectivity index (χ1n) is 7.60. The van der Waals surface area contributed by atoms with E-state index in [1.807, 2.05) is 37.3 Å². The Kier molecular flexibility index (Phi) is 4.94. The fourth-order valence-corrected chi connectivity index (χ4v) is 3.18. The van der Waals surface area contributed by atoms with Crippen molar-refractivity contribution in [1.29, 1.82) is 0 Å². The fourth-order valence-electron chi connectivity index (χ4n) is 3.18. The Morgan fingerprint density at radius 2 is 1.90 bits per heavy atom. The number of amides is 1. The van der Waals surface area contributed by atoms with Crippen LogP contribution in [0.2, 0.25) is 0 Å². The van der Waals surface area contributed by atoms with Crippen LogP contribution in [0, 0.1) is 16.0 Å². The van der Waals surface area contributed by atoms with Crippen LogP contribution in [0.1, 0.15) is 44.7 Å². The molecular weight excluding hydrogens is 268 g/mol. The minimum atomic E-state index is -0.846. The van der Waals surface area contributed by atoms with E-state index in [2.05, 4.69) is 6.92 Å². The van der Waals surface area contributed by atoms with Crippen molar-refractivity contribution in [2.24, 2.45) is 5.92 Å². The van der Waals surface area contributed by atoms with Crippen molar-refractivity contribution in [1.82, 2.24) is 4.90 Å². The zero-order chi connectivity index (χ0) is 15.4. The van der Waals surface area contributed by atoms with Crippen LogP contribution in [0.3, 0.4) is 0 Å². The summed E-state index contributed by atoms with van der Waals surface area (Å²) < 4.78 is 0. The largest absolute Gasteiger partial charge is 0.328 e. The van der Waals surface area contributed by atoms with Gasteiger partial charge < -0.3 is 4.90 Å². The molecule has 3 atom stereocenters. The highest BCUT2D eigenvalue weighted by molar-refractivity contribution is 5.82. The van der Waals surface area contributed by atoms with Gasteiger partial charge in [0.2, 0.25) is 11.9 Å². The Morgan fingerprint density at radius 3 is 2.43 bits per heavy atom. The number of hydrogen-bond donors (Lipinski definition) is 0. The van der Waals surface area contributed by atoms with E-state index in [4.69, 9.17) is 0 Å². The molecule has 0 aliphatic carbocycles. The van der Waals surface area contributed by atoms with Crippen LogP contribution in [0.5, 0.6) is 0 Å². The van der Waals surface area contributed by atoms with E-state index >= 15 is 0 Å². The highest BCUT2D eigenvalue weighted by Crippen LogP contribution is 2.39. The maximum atomic E-state index is 12.6. The smallest absolute Gasteiger partial charge is 0.248 e. The summed E-state index contributed by atoms with van der Waals surface area (Å²) in [7, 11) is 0. The molecule has 21 heavy (non-hydrogen) atoms. The van der Waals surface area contributed by atoms with E-state index in [0.29, 0.717) is 13.0 Å². The molecular formula is C16H22N2O3. The van der Waals surface area contributed by atoms with E-state index in [-0.39, 0.29) is 10.8 Å². The monoisotopic (exact) mass is 290 g/mol. The predicted octanol–water partition coefficient (Wildman–Crippen LogP) is 3.04. The normalized spacial score (nSPS) is 25.3. The van der Waals surface area contributed by atoms with Gasteiger partial charge in [-0.15, -0.1) is 0 Å². The van der Waals surface area contributed by atoms with Gasteiger partial charge in [0.1, 0.15) is 12.0 Å². The molecule has 2 rings (SSSR count). The molecule has 0 aromatic heterocycles. The maximum absolute atomic E-state index is 12.6. The number of benzene rings is 1. The van der Waals surface area contributed by atoms with Crippen molar-refractivity contribution in [3.8, 4) is 0 Å². The molecule has 1 heterocycles. The zero-order valence-corrected chi connectivity index (χ0v) is 12.6. The molecule has 1 aliphatic heterocycles. The number of carbonyl (C=O) groups excluding carboxylic acids is 1. The van der Waals surface area contributed by atoms with Crippen molar-refractivity contribution < 1.29 is 9.72 Å². The van der Waals surface area contributed by atoms with Gasteiger partial charge in [-0.1, -0.05) is 50.6 Å². The Balaban J connectivity index is 2.41. The summed E-state index contributed by atoms with van der Waals surface area (Å²) in [6, 6.07) is 8.10. The van der Waals surface area contributed by atoms with Gasteiger partial charge in [-0.05, 0) is 18.4 Å². The summed E-state index contributed by atoms with van der Waals surface area (Å²) in [5.74, 6) is -0.580. The number of hydrogen-bond acceptors (Lipinski definition) is 3. The SMILES string of the molecule is CCCCN1C(=O)[C@@H](CC)[C@H]([N+](=O)[O-])[C@H]1c1ccccc1. The molecule has 1 amide bonds. The van der Waals surface area contributed by atoms with Crippen LogP contribution < -0.4 is 0 Å². The van der Waals surface area contributed by atoms with Gasteiger partial charge in [0, 0.05) is 11.5 Å². The summed E-state index contributed by atoms with van der Waals surface area (Å²) >= 11 is 0. The molecule has 1 aromatic carbocycles. The van der Waals surface area contributed by atoms with Gasteiger partial charge in [0.15, 0.2) is 0 Å². The lowest BCUT2D eigenvalue weighted by atomic mass is 9.92. The van der Waals surface area contributed by atoms with E-state index in [1.165, 1.54) is 0 Å². The third-order valence-corrected chi connectivity index (χ3v) is 4.25. The highest BCUT2D eigenvalue weighted by atomic mass is 16.6. The van der Waals surface area contributed by atoms with Crippen LogP contribution in [0.4, 0.5) is 0 Å². The van der Waals surface area contributed by atoms with Crippen LogP contribution in [-0.4, -0.2) is 28.3 Å². The number of nitro groups is 1. The molecule has 1 aromatic rings. The van der Waals surface area contributed by atoms with Gasteiger partial charge in [0.05, 0.1) is 0 Å². The first-order valence-corrected chi connectivity index (χ1v) is 7.60. The van der Waals surface area contributed by atoms with Crippen molar-refractivity contribution in [2.45, 2.75) is 45.2 Å². The molecule has 5 heteroatoms. The van der Waals surface area contributed by atoms with Gasteiger partial charge in [0.25, 0.3) is 0 Å². The summed E-state index contributed by atoms with van der Waals surface area (Å²) in [6.07, 6.45) is 2.34. The van der Waals surface area contributed by atoms with Crippen molar-refractivity contribution in [2.75, 3.05) is 6.54 Å². The number of unbranched alkanes of at least 4 members (excludes halogenated alkanes) is 1. The molecule has 1 saturated heterocycles. The number of likely N-dealkylation sites (tertiary alicyclic amines) is 1. The van der Waals surface area contributed by atoms with E-state index in [9.17, 15) is 14.9 Å². The van der Waals surface area contributed by atoms with Crippen LogP contribution >= 0.6 is 0 Å². The van der Waals surface area contributed by atoms with Gasteiger partial charge in [-0.3, -0.25) is 14.9 Å². The lowest BCUT2D eigenvalue weighted by molar-refractivity contribution is -0.533. The molecule has 0 bridgehead atoms. The zero-order valence-electron chi connectivity index (χ0n) is 12.6. The number of rotatable bonds is 6. The number of nitrogens with zero attached hydrogens (tertiary/aromatic N) is 2. The summed E-state index contributed by atoms with van der Waals surface area (Å²) in [5, 5.41) is 11.5. The van der Waals surface area contributed by atoms with E-state index < -0.39 is 18.0 Å². The molecule has 0 unspecified atom stereocenters. The molecule has 0 radical (unpaired) electrons. The topological polar surface area (TPSA) is 63.5 Å². The lowest BCUT2D eigenvalue weighted by Gasteiger charge is -2.25. The first-order chi connectivity index (χ1) is 10.1. The Morgan fingerprint density at radius 1 is 1.24 bits per heavy atom. The van der Waals surface area contributed by atoms with E-state index in [1.54, 1.807) is 4.90 Å². The van der Waals surface area contributed by atoms with Crippen LogP contribution in [0.25, 0.3) is 0 Å². The lowest BCUT2D eigenvalue weighted by Crippen LogP contribution is -2.33. The highest BCUT2D eigenvalue weighted by Gasteiger charge is 2.54. The Labute approximate surface area is 125 Å². The molecule has 0 spiro atoms. The third-order valence-electron chi connectivity index (χ3n) is 4.25. The quantitative estimate of drug-likeness (QED) is 0.597. The maximum Gasteiger partial charge on any atom is 0.248 e. The van der Waals surface area contributed by atoms with Gasteiger partial charge in [-0.25, -0.2) is 0 Å². The summed E-state index contributed by atoms with van der Waals surface area (Å²) in [5.41, 5.74) is 0.861. The standard InChI is InChI=1S/C16H22N2O3/c1-3-5-11-17-14(12-9-7-6-8-10-12)15(18(20)21)13(4-2)16(17)19/h6-10,13-15H,3-5,11H2,1-2H3/t13-,14+,15-/m0/s1. The van der Waals surface area contributed by atoms with Gasteiger partial charge >= 0.3 is 0 Å². The minimum absolute atomic E-state index is 0.0681. The minimum Gasteiger partial charge on any atom is -0.328 e. The Bertz CT molecular complexity index is 504. The first kappa shape index (κ1) is 15.5.